The van der Waals surface area contributed by atoms with E-state index in [1.54, 1.807) is 0 Å². The molecular formula is C31H40F3N5O2. The summed E-state index contributed by atoms with van der Waals surface area (Å²) in [6, 6.07) is 11.3. The molecule has 0 spiro atoms. The number of carbonyl (C=O) groups is 2. The van der Waals surface area contributed by atoms with Crippen LogP contribution in [0, 0.1) is 12.8 Å². The predicted octanol–water partition coefficient (Wildman–Crippen LogP) is 5.24. The van der Waals surface area contributed by atoms with E-state index in [2.05, 4.69) is 26.9 Å². The molecule has 222 valence electrons. The summed E-state index contributed by atoms with van der Waals surface area (Å²) in [5.41, 5.74) is 2.97. The molecule has 7 nitrogen and oxygen atoms in total. The number of nitrogens with one attached hydrogen (secondary N) is 1. The fourth-order valence-corrected chi connectivity index (χ4v) is 7.56. The van der Waals surface area contributed by atoms with E-state index in [0.29, 0.717) is 18.5 Å². The summed E-state index contributed by atoms with van der Waals surface area (Å²) in [5, 5.41) is 3.34. The molecule has 4 aliphatic rings. The van der Waals surface area contributed by atoms with Gasteiger partial charge in [-0.15, -0.1) is 0 Å². The van der Waals surface area contributed by atoms with Crippen LogP contribution in [0.4, 0.5) is 13.2 Å². The van der Waals surface area contributed by atoms with E-state index < -0.39 is 18.5 Å². The van der Waals surface area contributed by atoms with Gasteiger partial charge in [0.15, 0.2) is 0 Å². The molecular weight excluding hydrogens is 531 g/mol. The van der Waals surface area contributed by atoms with Crippen molar-refractivity contribution in [2.24, 2.45) is 5.92 Å². The molecule has 2 aromatic rings. The summed E-state index contributed by atoms with van der Waals surface area (Å²) in [7, 11) is 0. The monoisotopic (exact) mass is 571 g/mol. The summed E-state index contributed by atoms with van der Waals surface area (Å²) in [4.78, 5) is 34.0. The molecule has 2 bridgehead atoms. The Morgan fingerprint density at radius 1 is 1.05 bits per heavy atom. The maximum Gasteiger partial charge on any atom is 0.397 e. The molecule has 1 N–H and O–H groups in total. The molecule has 3 aliphatic heterocycles. The molecule has 1 aromatic carbocycles. The smallest absolute Gasteiger partial charge is 0.349 e. The fraction of sp³-hybridized carbons (Fsp3) is 0.645. The summed E-state index contributed by atoms with van der Waals surface area (Å²) < 4.78 is 40.9. The van der Waals surface area contributed by atoms with Crippen molar-refractivity contribution >= 4 is 11.8 Å². The Morgan fingerprint density at radius 3 is 2.39 bits per heavy atom. The van der Waals surface area contributed by atoms with Crippen LogP contribution in [0.1, 0.15) is 92.6 Å². The maximum atomic E-state index is 12.9. The first-order chi connectivity index (χ1) is 19.7. The van der Waals surface area contributed by atoms with Crippen molar-refractivity contribution in [2.75, 3.05) is 13.1 Å². The zero-order valence-corrected chi connectivity index (χ0v) is 23.7. The predicted molar refractivity (Wildman–Crippen MR) is 148 cm³/mol. The number of aryl methyl sites for hydroxylation is 1. The first-order valence-electron chi connectivity index (χ1n) is 15.2. The van der Waals surface area contributed by atoms with Crippen LogP contribution in [0.2, 0.25) is 0 Å². The largest absolute Gasteiger partial charge is 0.397 e. The van der Waals surface area contributed by atoms with Crippen LogP contribution in [0.3, 0.4) is 0 Å². The number of alkyl halides is 3. The van der Waals surface area contributed by atoms with E-state index in [0.717, 1.165) is 80.7 Å². The number of hydrogen-bond donors (Lipinski definition) is 1. The third-order valence-electron chi connectivity index (χ3n) is 9.83. The quantitative estimate of drug-likeness (QED) is 0.470. The van der Waals surface area contributed by atoms with Gasteiger partial charge in [-0.05, 0) is 57.4 Å². The molecule has 1 aromatic heterocycles. The standard InChI is InChI=1S/C31H40F3N5O2/c1-20-35-27-12-14-37(29(40)18-31(32,33)34)19-28(27)39(20)25-16-23-10-11-24(17-25)38(23)15-13-26(21-6-3-2-4-7-21)36-30(41)22-8-5-9-22/h2-4,6-7,22-26H,5,8-19H2,1H3,(H,36,41)/t23-,24+,25+,26-/m0/s1. The van der Waals surface area contributed by atoms with Crippen LogP contribution in [-0.4, -0.2) is 62.5 Å². The number of nitrogens with zero attached hydrogens (tertiary/aromatic N) is 4. The topological polar surface area (TPSA) is 70.5 Å². The Labute approximate surface area is 239 Å². The zero-order chi connectivity index (χ0) is 28.7. The highest BCUT2D eigenvalue weighted by Crippen LogP contribution is 2.43. The van der Waals surface area contributed by atoms with Crippen molar-refractivity contribution in [1.29, 1.82) is 0 Å². The molecule has 10 heteroatoms. The minimum Gasteiger partial charge on any atom is -0.349 e. The van der Waals surface area contributed by atoms with Crippen molar-refractivity contribution in [2.45, 2.75) is 108 Å². The van der Waals surface area contributed by atoms with Gasteiger partial charge in [0.05, 0.1) is 24.0 Å². The number of imidazole rings is 1. The van der Waals surface area contributed by atoms with Gasteiger partial charge in [-0.3, -0.25) is 14.5 Å². The lowest BCUT2D eigenvalue weighted by Crippen LogP contribution is -2.46. The van der Waals surface area contributed by atoms with Gasteiger partial charge < -0.3 is 14.8 Å². The molecule has 2 saturated heterocycles. The third-order valence-corrected chi connectivity index (χ3v) is 9.83. The normalized spacial score (nSPS) is 25.5. The molecule has 2 amide bonds. The highest BCUT2D eigenvalue weighted by atomic mass is 19.4. The van der Waals surface area contributed by atoms with Crippen molar-refractivity contribution < 1.29 is 22.8 Å². The highest BCUT2D eigenvalue weighted by Gasteiger charge is 2.43. The van der Waals surface area contributed by atoms with Gasteiger partial charge in [0.25, 0.3) is 0 Å². The van der Waals surface area contributed by atoms with Crippen LogP contribution < -0.4 is 5.32 Å². The van der Waals surface area contributed by atoms with Gasteiger partial charge in [-0.1, -0.05) is 36.8 Å². The number of rotatable bonds is 8. The second-order valence-electron chi connectivity index (χ2n) is 12.4. The number of amides is 2. The summed E-state index contributed by atoms with van der Waals surface area (Å²) in [6.07, 6.45) is 2.70. The maximum absolute atomic E-state index is 12.9. The Hall–Kier alpha value is -2.88. The molecule has 1 aliphatic carbocycles. The number of aromatic nitrogens is 2. The van der Waals surface area contributed by atoms with Gasteiger partial charge >= 0.3 is 6.18 Å². The van der Waals surface area contributed by atoms with Crippen LogP contribution >= 0.6 is 0 Å². The molecule has 41 heavy (non-hydrogen) atoms. The van der Waals surface area contributed by atoms with Crippen molar-refractivity contribution in [1.82, 2.24) is 24.7 Å². The van der Waals surface area contributed by atoms with Crippen molar-refractivity contribution in [3.05, 3.63) is 53.1 Å². The van der Waals surface area contributed by atoms with Gasteiger partial charge in [0.2, 0.25) is 11.8 Å². The van der Waals surface area contributed by atoms with Gasteiger partial charge in [-0.2, -0.15) is 13.2 Å². The second-order valence-corrected chi connectivity index (χ2v) is 12.4. The Kier molecular flexibility index (Phi) is 7.87. The second kappa shape index (κ2) is 11.4. The summed E-state index contributed by atoms with van der Waals surface area (Å²) in [6.45, 7) is 3.36. The highest BCUT2D eigenvalue weighted by molar-refractivity contribution is 5.79. The van der Waals surface area contributed by atoms with E-state index in [-0.39, 0.29) is 37.0 Å². The van der Waals surface area contributed by atoms with Crippen molar-refractivity contribution in [3.63, 3.8) is 0 Å². The van der Waals surface area contributed by atoms with Crippen LogP contribution in [-0.2, 0) is 22.6 Å². The molecule has 1 saturated carbocycles. The lowest BCUT2D eigenvalue weighted by molar-refractivity contribution is -0.162. The zero-order valence-electron chi connectivity index (χ0n) is 23.7. The summed E-state index contributed by atoms with van der Waals surface area (Å²) >= 11 is 0. The fourth-order valence-electron chi connectivity index (χ4n) is 7.56. The Morgan fingerprint density at radius 2 is 1.76 bits per heavy atom. The molecule has 3 fully saturated rings. The first kappa shape index (κ1) is 28.2. The number of benzene rings is 1. The number of fused-ring (bicyclic) bond motifs is 3. The molecule has 4 heterocycles. The number of piperidine rings is 1. The number of carbonyl (C=O) groups excluding carboxylic acids is 2. The summed E-state index contributed by atoms with van der Waals surface area (Å²) in [5.74, 6) is 0.355. The minimum atomic E-state index is -4.50. The number of hydrogen-bond acceptors (Lipinski definition) is 4. The van der Waals surface area contributed by atoms with E-state index >= 15 is 0 Å². The van der Waals surface area contributed by atoms with E-state index in [9.17, 15) is 22.8 Å². The molecule has 0 unspecified atom stereocenters. The molecule has 0 radical (unpaired) electrons. The molecule has 4 atom stereocenters. The number of halogens is 3. The average molecular weight is 572 g/mol. The Bertz CT molecular complexity index is 1240. The van der Waals surface area contributed by atoms with Crippen LogP contribution in [0.15, 0.2) is 30.3 Å². The van der Waals surface area contributed by atoms with Gasteiger partial charge in [-0.25, -0.2) is 4.98 Å². The van der Waals surface area contributed by atoms with Gasteiger partial charge in [0.1, 0.15) is 12.2 Å². The van der Waals surface area contributed by atoms with E-state index in [1.807, 2.05) is 25.1 Å². The van der Waals surface area contributed by atoms with Crippen LogP contribution in [0.25, 0.3) is 0 Å². The SMILES string of the molecule is Cc1nc2c(n1[C@H]1C[C@H]3CC[C@@H](C1)N3CC[C@H](NC(=O)C1CCC1)c1ccccc1)CN(C(=O)CC(F)(F)F)CC2. The third kappa shape index (κ3) is 6.03. The lowest BCUT2D eigenvalue weighted by Gasteiger charge is -2.41. The van der Waals surface area contributed by atoms with E-state index in [1.165, 1.54) is 4.90 Å². The average Bonchev–Trinajstić information content (AvgIpc) is 3.34. The molecule has 6 rings (SSSR count). The minimum absolute atomic E-state index is 0.00967. The van der Waals surface area contributed by atoms with Crippen LogP contribution in [0.5, 0.6) is 0 Å². The lowest BCUT2D eigenvalue weighted by atomic mass is 9.84. The van der Waals surface area contributed by atoms with Gasteiger partial charge in [0, 0.05) is 43.6 Å². The van der Waals surface area contributed by atoms with E-state index in [4.69, 9.17) is 4.98 Å². The first-order valence-corrected chi connectivity index (χ1v) is 15.2. The Balaban J connectivity index is 1.12. The van der Waals surface area contributed by atoms with Crippen molar-refractivity contribution in [3.8, 4) is 0 Å².